The molecule has 0 radical (unpaired) electrons. The molecule has 2 aromatic rings. The minimum absolute atomic E-state index is 0.0340. The van der Waals surface area contributed by atoms with Gasteiger partial charge in [0.15, 0.2) is 0 Å². The monoisotopic (exact) mass is 515 g/mol. The van der Waals surface area contributed by atoms with Crippen LogP contribution in [-0.2, 0) is 4.74 Å². The molecule has 1 amide bonds. The van der Waals surface area contributed by atoms with Crippen molar-refractivity contribution in [1.82, 2.24) is 10.6 Å². The van der Waals surface area contributed by atoms with E-state index in [2.05, 4.69) is 46.8 Å². The largest absolute Gasteiger partial charge is 0.489 e. The highest BCUT2D eigenvalue weighted by Crippen LogP contribution is 2.26. The third kappa shape index (κ3) is 10.4. The molecular formula is C28H38ClN3O4. The lowest BCUT2D eigenvalue weighted by atomic mass is 10.1. The molecule has 196 valence electrons. The lowest BCUT2D eigenvalue weighted by molar-refractivity contribution is 0.0420. The third-order valence-corrected chi connectivity index (χ3v) is 5.29. The van der Waals surface area contributed by atoms with Crippen LogP contribution in [0.2, 0.25) is 5.02 Å². The first-order chi connectivity index (χ1) is 17.1. The summed E-state index contributed by atoms with van der Waals surface area (Å²) in [6, 6.07) is 13.3. The van der Waals surface area contributed by atoms with Gasteiger partial charge in [-0.15, -0.1) is 0 Å². The summed E-state index contributed by atoms with van der Waals surface area (Å²) in [4.78, 5) is 16.3. The first-order valence-corrected chi connectivity index (χ1v) is 12.5. The Labute approximate surface area is 219 Å². The zero-order chi connectivity index (χ0) is 26.6. The number of amides is 1. The number of aryl methyl sites for hydroxylation is 1. The fraction of sp³-hybridized carbons (Fsp3) is 0.429. The standard InChI is InChI=1S/C15H20N2O.C13H18ClNO3/c1-12-4-6-13(7-5-12)14-10-16-8-9-18-15(2,3)11-17-14;1-9(2)18-12-5-4-10(8-11(12)14)13(17)15-6-3-7-16/h4-7,10-11,16H,8-9H2,1-3H3;4-5,8-9,16H,3,6-7H2,1-2H3,(H,15,17)/b14-10-,17-11?;. The van der Waals surface area contributed by atoms with E-state index in [9.17, 15) is 4.79 Å². The van der Waals surface area contributed by atoms with E-state index in [-0.39, 0.29) is 24.2 Å². The molecule has 0 aliphatic carbocycles. The van der Waals surface area contributed by atoms with Crippen molar-refractivity contribution in [3.8, 4) is 5.75 Å². The van der Waals surface area contributed by atoms with E-state index in [1.165, 1.54) is 5.56 Å². The Morgan fingerprint density at radius 3 is 2.61 bits per heavy atom. The van der Waals surface area contributed by atoms with Crippen LogP contribution in [-0.4, -0.2) is 55.2 Å². The number of aliphatic imine (C=N–C) groups is 1. The molecule has 3 rings (SSSR count). The van der Waals surface area contributed by atoms with Crippen LogP contribution in [0.4, 0.5) is 0 Å². The number of halogens is 1. The maximum Gasteiger partial charge on any atom is 0.251 e. The highest BCUT2D eigenvalue weighted by Gasteiger charge is 2.16. The molecule has 0 saturated carbocycles. The fourth-order valence-corrected chi connectivity index (χ4v) is 3.32. The number of hydrogen-bond acceptors (Lipinski definition) is 6. The Morgan fingerprint density at radius 2 is 1.97 bits per heavy atom. The third-order valence-electron chi connectivity index (χ3n) is 5.00. The summed E-state index contributed by atoms with van der Waals surface area (Å²) in [5.41, 5.74) is 3.46. The van der Waals surface area contributed by atoms with Gasteiger partial charge in [0.25, 0.3) is 5.91 Å². The van der Waals surface area contributed by atoms with Gasteiger partial charge in [-0.3, -0.25) is 9.79 Å². The molecule has 36 heavy (non-hydrogen) atoms. The van der Waals surface area contributed by atoms with Crippen LogP contribution in [0.3, 0.4) is 0 Å². The van der Waals surface area contributed by atoms with Crippen LogP contribution in [0.15, 0.2) is 53.7 Å². The Balaban J connectivity index is 0.000000254. The number of ether oxygens (including phenoxy) is 2. The Bertz CT molecular complexity index is 1030. The topological polar surface area (TPSA) is 92.2 Å². The van der Waals surface area contributed by atoms with Crippen LogP contribution in [0, 0.1) is 6.92 Å². The summed E-state index contributed by atoms with van der Waals surface area (Å²) >= 11 is 6.03. The van der Waals surface area contributed by atoms with Crippen LogP contribution in [0.1, 0.15) is 55.6 Å². The number of carbonyl (C=O) groups excluding carboxylic acids is 1. The summed E-state index contributed by atoms with van der Waals surface area (Å²) in [6.45, 7) is 11.9. The van der Waals surface area contributed by atoms with Crippen molar-refractivity contribution < 1.29 is 19.4 Å². The van der Waals surface area contributed by atoms with E-state index in [1.807, 2.05) is 40.1 Å². The van der Waals surface area contributed by atoms with Gasteiger partial charge < -0.3 is 25.2 Å². The number of aliphatic hydroxyl groups excluding tert-OH is 1. The molecule has 0 fully saturated rings. The SMILES string of the molecule is CC(C)Oc1ccc(C(=O)NCCCO)cc1Cl.Cc1ccc(/C2=C/NCCOC(C)(C)C=N2)cc1. The van der Waals surface area contributed by atoms with Crippen molar-refractivity contribution in [3.05, 3.63) is 70.4 Å². The normalized spacial score (nSPS) is 16.3. The van der Waals surface area contributed by atoms with Gasteiger partial charge in [-0.05, 0) is 59.2 Å². The number of nitrogens with one attached hydrogen (secondary N) is 2. The second-order valence-corrected chi connectivity index (χ2v) is 9.61. The van der Waals surface area contributed by atoms with E-state index in [0.717, 1.165) is 17.8 Å². The molecule has 0 saturated heterocycles. The minimum Gasteiger partial charge on any atom is -0.489 e. The maximum absolute atomic E-state index is 11.7. The summed E-state index contributed by atoms with van der Waals surface area (Å²) < 4.78 is 11.2. The van der Waals surface area contributed by atoms with Crippen LogP contribution < -0.4 is 15.4 Å². The zero-order valence-electron chi connectivity index (χ0n) is 21.8. The number of carbonyl (C=O) groups is 1. The Hall–Kier alpha value is -2.87. The van der Waals surface area contributed by atoms with E-state index in [4.69, 9.17) is 26.2 Å². The first kappa shape index (κ1) is 29.4. The van der Waals surface area contributed by atoms with Crippen molar-refractivity contribution in [1.29, 1.82) is 0 Å². The van der Waals surface area contributed by atoms with Crippen molar-refractivity contribution in [3.63, 3.8) is 0 Å². The maximum atomic E-state index is 11.7. The predicted octanol–water partition coefficient (Wildman–Crippen LogP) is 5.00. The molecule has 0 spiro atoms. The number of hydrogen-bond donors (Lipinski definition) is 3. The molecule has 1 aliphatic heterocycles. The van der Waals surface area contributed by atoms with Crippen LogP contribution >= 0.6 is 11.6 Å². The second-order valence-electron chi connectivity index (χ2n) is 9.20. The van der Waals surface area contributed by atoms with Crippen molar-refractivity contribution in [2.45, 2.75) is 52.7 Å². The molecule has 0 bridgehead atoms. The predicted molar refractivity (Wildman–Crippen MR) is 147 cm³/mol. The lowest BCUT2D eigenvalue weighted by Gasteiger charge is -2.19. The van der Waals surface area contributed by atoms with E-state index in [0.29, 0.717) is 35.9 Å². The molecule has 1 heterocycles. The van der Waals surface area contributed by atoms with Crippen LogP contribution in [0.5, 0.6) is 5.75 Å². The van der Waals surface area contributed by atoms with Gasteiger partial charge in [-0.25, -0.2) is 0 Å². The van der Waals surface area contributed by atoms with Crippen molar-refractivity contribution in [2.75, 3.05) is 26.3 Å². The molecule has 7 nitrogen and oxygen atoms in total. The summed E-state index contributed by atoms with van der Waals surface area (Å²) in [7, 11) is 0. The molecule has 2 aromatic carbocycles. The number of rotatable bonds is 7. The Morgan fingerprint density at radius 1 is 1.25 bits per heavy atom. The molecule has 0 atom stereocenters. The van der Waals surface area contributed by atoms with Crippen molar-refractivity contribution in [2.24, 2.45) is 4.99 Å². The molecular weight excluding hydrogens is 478 g/mol. The van der Waals surface area contributed by atoms with Gasteiger partial charge in [0.1, 0.15) is 5.75 Å². The number of nitrogens with zero attached hydrogens (tertiary/aromatic N) is 1. The molecule has 8 heteroatoms. The summed E-state index contributed by atoms with van der Waals surface area (Å²) in [6.07, 6.45) is 4.39. The Kier molecular flexibility index (Phi) is 11.9. The van der Waals surface area contributed by atoms with E-state index < -0.39 is 0 Å². The molecule has 1 aliphatic rings. The average molecular weight is 516 g/mol. The first-order valence-electron chi connectivity index (χ1n) is 12.2. The average Bonchev–Trinajstić information content (AvgIpc) is 2.91. The summed E-state index contributed by atoms with van der Waals surface area (Å²) in [5.74, 6) is 0.361. The zero-order valence-corrected chi connectivity index (χ0v) is 22.6. The van der Waals surface area contributed by atoms with Gasteiger partial charge in [-0.2, -0.15) is 0 Å². The second kappa shape index (κ2) is 14.6. The smallest absolute Gasteiger partial charge is 0.251 e. The van der Waals surface area contributed by atoms with Gasteiger partial charge in [0, 0.05) is 43.2 Å². The molecule has 0 aromatic heterocycles. The number of benzene rings is 2. The fourth-order valence-electron chi connectivity index (χ4n) is 3.10. The quantitative estimate of drug-likeness (QED) is 0.451. The van der Waals surface area contributed by atoms with E-state index in [1.54, 1.807) is 18.2 Å². The number of aliphatic hydroxyl groups is 1. The summed E-state index contributed by atoms with van der Waals surface area (Å²) in [5, 5.41) is 15.0. The molecule has 0 unspecified atom stereocenters. The van der Waals surface area contributed by atoms with Gasteiger partial charge in [0.05, 0.1) is 29.0 Å². The highest BCUT2D eigenvalue weighted by molar-refractivity contribution is 6.32. The van der Waals surface area contributed by atoms with Gasteiger partial charge in [-0.1, -0.05) is 41.4 Å². The minimum atomic E-state index is -0.324. The van der Waals surface area contributed by atoms with Gasteiger partial charge >= 0.3 is 0 Å². The highest BCUT2D eigenvalue weighted by atomic mass is 35.5. The lowest BCUT2D eigenvalue weighted by Crippen LogP contribution is -2.28. The molecule has 3 N–H and O–H groups in total. The van der Waals surface area contributed by atoms with Gasteiger partial charge in [0.2, 0.25) is 0 Å². The van der Waals surface area contributed by atoms with Crippen molar-refractivity contribution >= 4 is 29.4 Å². The van der Waals surface area contributed by atoms with E-state index >= 15 is 0 Å². The van der Waals surface area contributed by atoms with Crippen LogP contribution in [0.25, 0.3) is 5.70 Å².